The summed E-state index contributed by atoms with van der Waals surface area (Å²) in [6.07, 6.45) is 6.23. The molecular formula is C17H30O. The molecule has 2 aliphatic rings. The van der Waals surface area contributed by atoms with Crippen molar-refractivity contribution in [3.8, 4) is 0 Å². The molecule has 0 fully saturated rings. The van der Waals surface area contributed by atoms with Crippen LogP contribution in [-0.2, 0) is 0 Å². The predicted molar refractivity (Wildman–Crippen MR) is 77.5 cm³/mol. The maximum Gasteiger partial charge on any atom is 0.0650 e. The maximum atomic E-state index is 10.6. The van der Waals surface area contributed by atoms with Gasteiger partial charge in [0.1, 0.15) is 0 Å². The minimum absolute atomic E-state index is 0.0143. The van der Waals surface area contributed by atoms with Gasteiger partial charge in [0.2, 0.25) is 0 Å². The van der Waals surface area contributed by atoms with Gasteiger partial charge in [-0.2, -0.15) is 0 Å². The van der Waals surface area contributed by atoms with Crippen molar-refractivity contribution in [1.82, 2.24) is 0 Å². The highest BCUT2D eigenvalue weighted by atomic mass is 16.3. The molecule has 0 saturated carbocycles. The van der Waals surface area contributed by atoms with E-state index in [2.05, 4.69) is 27.7 Å². The Labute approximate surface area is 113 Å². The van der Waals surface area contributed by atoms with Crippen LogP contribution in [0.1, 0.15) is 73.6 Å². The molecule has 1 heteroatoms. The van der Waals surface area contributed by atoms with Crippen molar-refractivity contribution >= 4 is 0 Å². The number of allylic oxidation sites excluding steroid dienone is 2. The van der Waals surface area contributed by atoms with E-state index < -0.39 is 5.60 Å². The smallest absolute Gasteiger partial charge is 0.0650 e. The third kappa shape index (κ3) is 2.05. The van der Waals surface area contributed by atoms with Crippen molar-refractivity contribution in [2.75, 3.05) is 0 Å². The lowest BCUT2D eigenvalue weighted by molar-refractivity contribution is -0.0834. The third-order valence-electron chi connectivity index (χ3n) is 6.11. The fraction of sp³-hybridized carbons (Fsp3) is 0.882. The molecule has 0 saturated heterocycles. The fourth-order valence-corrected chi connectivity index (χ4v) is 4.07. The van der Waals surface area contributed by atoms with Gasteiger partial charge in [-0.05, 0) is 57.3 Å². The average Bonchev–Trinajstić information content (AvgIpc) is 2.19. The molecule has 0 amide bonds. The largest absolute Gasteiger partial charge is 0.390 e. The highest BCUT2D eigenvalue weighted by Crippen LogP contribution is 2.56. The second-order valence-electron chi connectivity index (χ2n) is 8.08. The van der Waals surface area contributed by atoms with Crippen LogP contribution in [0, 0.1) is 16.7 Å². The zero-order chi connectivity index (χ0) is 13.8. The summed E-state index contributed by atoms with van der Waals surface area (Å²) in [5, 5.41) is 10.6. The van der Waals surface area contributed by atoms with Gasteiger partial charge in [0, 0.05) is 5.41 Å². The first-order valence-corrected chi connectivity index (χ1v) is 7.52. The molecule has 0 aromatic rings. The molecule has 0 radical (unpaired) electrons. The number of hydrogen-bond acceptors (Lipinski definition) is 1. The Morgan fingerprint density at radius 1 is 1.22 bits per heavy atom. The molecule has 2 unspecified atom stereocenters. The summed E-state index contributed by atoms with van der Waals surface area (Å²) in [4.78, 5) is 0. The van der Waals surface area contributed by atoms with Crippen molar-refractivity contribution in [3.05, 3.63) is 11.1 Å². The van der Waals surface area contributed by atoms with Crippen molar-refractivity contribution in [2.24, 2.45) is 16.7 Å². The van der Waals surface area contributed by atoms with Crippen LogP contribution in [0.2, 0.25) is 0 Å². The Balaban J connectivity index is 2.41. The van der Waals surface area contributed by atoms with Crippen LogP contribution in [0.5, 0.6) is 0 Å². The first-order chi connectivity index (χ1) is 8.08. The molecule has 0 aromatic heterocycles. The van der Waals surface area contributed by atoms with Crippen LogP contribution in [-0.4, -0.2) is 10.7 Å². The second-order valence-corrected chi connectivity index (χ2v) is 8.08. The molecule has 0 aliphatic heterocycles. The van der Waals surface area contributed by atoms with Gasteiger partial charge in [-0.1, -0.05) is 38.8 Å². The van der Waals surface area contributed by atoms with Gasteiger partial charge in [-0.15, -0.1) is 0 Å². The highest BCUT2D eigenvalue weighted by molar-refractivity contribution is 5.30. The SMILES string of the molecule is CC1CC2=C(CC1(C)C(C)(C)O)C(C)(C)CCC2. The molecule has 0 aromatic carbocycles. The summed E-state index contributed by atoms with van der Waals surface area (Å²) >= 11 is 0. The molecule has 1 nitrogen and oxygen atoms in total. The van der Waals surface area contributed by atoms with Gasteiger partial charge in [-0.25, -0.2) is 0 Å². The lowest BCUT2D eigenvalue weighted by Crippen LogP contribution is -2.49. The first kappa shape index (κ1) is 14.1. The average molecular weight is 250 g/mol. The number of hydrogen-bond donors (Lipinski definition) is 1. The lowest BCUT2D eigenvalue weighted by atomic mass is 9.54. The van der Waals surface area contributed by atoms with Gasteiger partial charge in [0.25, 0.3) is 0 Å². The summed E-state index contributed by atoms with van der Waals surface area (Å²) in [7, 11) is 0. The molecule has 0 heterocycles. The minimum Gasteiger partial charge on any atom is -0.390 e. The standard InChI is InChI=1S/C17H30O/c1-12-10-13-8-7-9-15(2,3)14(13)11-17(12,6)16(4,5)18/h12,18H,7-11H2,1-6H3. The quantitative estimate of drug-likeness (QED) is 0.669. The summed E-state index contributed by atoms with van der Waals surface area (Å²) < 4.78 is 0. The zero-order valence-electron chi connectivity index (χ0n) is 13.1. The van der Waals surface area contributed by atoms with E-state index in [0.29, 0.717) is 11.3 Å². The predicted octanol–water partition coefficient (Wildman–Crippen LogP) is 4.70. The molecular weight excluding hydrogens is 220 g/mol. The first-order valence-electron chi connectivity index (χ1n) is 7.52. The van der Waals surface area contributed by atoms with Gasteiger partial charge >= 0.3 is 0 Å². The van der Waals surface area contributed by atoms with Crippen LogP contribution < -0.4 is 0 Å². The number of aliphatic hydroxyl groups is 1. The van der Waals surface area contributed by atoms with Crippen LogP contribution in [0.25, 0.3) is 0 Å². The summed E-state index contributed by atoms with van der Waals surface area (Å²) in [6.45, 7) is 13.4. The zero-order valence-corrected chi connectivity index (χ0v) is 13.1. The molecule has 18 heavy (non-hydrogen) atoms. The van der Waals surface area contributed by atoms with E-state index in [-0.39, 0.29) is 5.41 Å². The van der Waals surface area contributed by atoms with E-state index >= 15 is 0 Å². The van der Waals surface area contributed by atoms with Crippen molar-refractivity contribution in [1.29, 1.82) is 0 Å². The fourth-order valence-electron chi connectivity index (χ4n) is 4.07. The Morgan fingerprint density at radius 2 is 1.83 bits per heavy atom. The van der Waals surface area contributed by atoms with Crippen molar-refractivity contribution < 1.29 is 5.11 Å². The van der Waals surface area contributed by atoms with Crippen molar-refractivity contribution in [3.63, 3.8) is 0 Å². The van der Waals surface area contributed by atoms with Crippen molar-refractivity contribution in [2.45, 2.75) is 79.2 Å². The summed E-state index contributed by atoms with van der Waals surface area (Å²) in [6, 6.07) is 0. The Morgan fingerprint density at radius 3 is 2.39 bits per heavy atom. The molecule has 2 aliphatic carbocycles. The van der Waals surface area contributed by atoms with Crippen LogP contribution in [0.4, 0.5) is 0 Å². The minimum atomic E-state index is -0.599. The Hall–Kier alpha value is -0.300. The van der Waals surface area contributed by atoms with Crippen LogP contribution >= 0.6 is 0 Å². The maximum absolute atomic E-state index is 10.6. The topological polar surface area (TPSA) is 20.2 Å². The third-order valence-corrected chi connectivity index (χ3v) is 6.11. The monoisotopic (exact) mass is 250 g/mol. The Kier molecular flexibility index (Phi) is 3.21. The Bertz CT molecular complexity index is 370. The normalized spacial score (nSPS) is 36.5. The van der Waals surface area contributed by atoms with Gasteiger partial charge < -0.3 is 5.11 Å². The number of rotatable bonds is 1. The van der Waals surface area contributed by atoms with E-state index in [1.54, 1.807) is 11.1 Å². The van der Waals surface area contributed by atoms with E-state index in [9.17, 15) is 5.11 Å². The molecule has 2 atom stereocenters. The van der Waals surface area contributed by atoms with Gasteiger partial charge in [-0.3, -0.25) is 0 Å². The molecule has 2 rings (SSSR count). The van der Waals surface area contributed by atoms with Crippen LogP contribution in [0.15, 0.2) is 11.1 Å². The summed E-state index contributed by atoms with van der Waals surface area (Å²) in [5.41, 5.74) is 3.14. The second kappa shape index (κ2) is 4.10. The van der Waals surface area contributed by atoms with E-state index in [0.717, 1.165) is 6.42 Å². The molecule has 0 spiro atoms. The molecule has 0 bridgehead atoms. The van der Waals surface area contributed by atoms with E-state index in [1.807, 2.05) is 13.8 Å². The van der Waals surface area contributed by atoms with Crippen LogP contribution in [0.3, 0.4) is 0 Å². The summed E-state index contributed by atoms with van der Waals surface area (Å²) in [5.74, 6) is 0.574. The van der Waals surface area contributed by atoms with Gasteiger partial charge in [0.15, 0.2) is 0 Å². The lowest BCUT2D eigenvalue weighted by Gasteiger charge is -2.53. The van der Waals surface area contributed by atoms with E-state index in [4.69, 9.17) is 0 Å². The molecule has 104 valence electrons. The molecule has 1 N–H and O–H groups in total. The van der Waals surface area contributed by atoms with Gasteiger partial charge in [0.05, 0.1) is 5.60 Å². The highest BCUT2D eigenvalue weighted by Gasteiger charge is 2.49. The van der Waals surface area contributed by atoms with E-state index in [1.165, 1.54) is 25.7 Å².